The van der Waals surface area contributed by atoms with Gasteiger partial charge >= 0.3 is 5.97 Å². The zero-order valence-corrected chi connectivity index (χ0v) is 16.8. The second-order valence-corrected chi connectivity index (χ2v) is 7.20. The highest BCUT2D eigenvalue weighted by Gasteiger charge is 2.38. The predicted molar refractivity (Wildman–Crippen MR) is 107 cm³/mol. The Kier molecular flexibility index (Phi) is 4.99. The van der Waals surface area contributed by atoms with Crippen molar-refractivity contribution in [3.05, 3.63) is 59.4 Å². The van der Waals surface area contributed by atoms with Crippen molar-refractivity contribution in [2.24, 2.45) is 7.05 Å². The molecule has 154 valence electrons. The number of carboxylic acid groups (broad SMARTS) is 1. The molecule has 2 amide bonds. The van der Waals surface area contributed by atoms with Crippen molar-refractivity contribution in [2.75, 3.05) is 6.61 Å². The molecule has 4 rings (SSSR count). The van der Waals surface area contributed by atoms with Gasteiger partial charge < -0.3 is 9.84 Å². The van der Waals surface area contributed by atoms with E-state index in [1.54, 1.807) is 36.4 Å². The summed E-state index contributed by atoms with van der Waals surface area (Å²) in [5.74, 6) is -0.385. The summed E-state index contributed by atoms with van der Waals surface area (Å²) in [5.41, 5.74) is 2.60. The molecule has 2 aromatic carbocycles. The molecule has 1 aromatic heterocycles. The van der Waals surface area contributed by atoms with Crippen molar-refractivity contribution in [1.82, 2.24) is 9.47 Å². The molecule has 0 saturated carbocycles. The number of hydrogen-bond donors (Lipinski definition) is 1. The van der Waals surface area contributed by atoms with Crippen LogP contribution in [0.2, 0.25) is 0 Å². The molecule has 0 spiro atoms. The van der Waals surface area contributed by atoms with Crippen LogP contribution in [-0.2, 0) is 24.9 Å². The summed E-state index contributed by atoms with van der Waals surface area (Å²) in [6.07, 6.45) is 0.846. The molecule has 0 aliphatic carbocycles. The maximum atomic E-state index is 12.8. The average Bonchev–Trinajstić information content (AvgIpc) is 3.14. The summed E-state index contributed by atoms with van der Waals surface area (Å²) in [6.45, 7) is 2.44. The maximum absolute atomic E-state index is 12.8. The highest BCUT2D eigenvalue weighted by molar-refractivity contribution is 6.21. The van der Waals surface area contributed by atoms with Crippen molar-refractivity contribution in [1.29, 1.82) is 0 Å². The SMILES string of the molecule is CCCn1c(CN2C(=O)c3ccccc3C2=O)[n+](C)c2ccc(OCC(=O)O)cc21. The van der Waals surface area contributed by atoms with Crippen LogP contribution in [0.4, 0.5) is 0 Å². The highest BCUT2D eigenvalue weighted by Crippen LogP contribution is 2.26. The van der Waals surface area contributed by atoms with E-state index in [1.165, 1.54) is 4.90 Å². The number of nitrogens with zero attached hydrogens (tertiary/aromatic N) is 3. The predicted octanol–water partition coefficient (Wildman–Crippen LogP) is 2.14. The van der Waals surface area contributed by atoms with E-state index in [1.807, 2.05) is 29.2 Å². The molecule has 0 saturated heterocycles. The van der Waals surface area contributed by atoms with Gasteiger partial charge in [0.1, 0.15) is 12.3 Å². The van der Waals surface area contributed by atoms with Gasteiger partial charge in [0.25, 0.3) is 17.6 Å². The lowest BCUT2D eigenvalue weighted by Crippen LogP contribution is -2.39. The van der Waals surface area contributed by atoms with Crippen LogP contribution in [0.5, 0.6) is 5.75 Å². The molecule has 8 nitrogen and oxygen atoms in total. The van der Waals surface area contributed by atoms with E-state index in [0.717, 1.165) is 23.3 Å². The quantitative estimate of drug-likeness (QED) is 0.478. The zero-order chi connectivity index (χ0) is 21.4. The summed E-state index contributed by atoms with van der Waals surface area (Å²) in [7, 11) is 1.89. The number of rotatable bonds is 7. The van der Waals surface area contributed by atoms with E-state index in [0.29, 0.717) is 23.4 Å². The second-order valence-electron chi connectivity index (χ2n) is 7.20. The number of aliphatic carboxylic acids is 1. The van der Waals surface area contributed by atoms with Crippen LogP contribution in [0.1, 0.15) is 39.9 Å². The number of hydrogen-bond acceptors (Lipinski definition) is 4. The summed E-state index contributed by atoms with van der Waals surface area (Å²) in [6, 6.07) is 12.2. The van der Waals surface area contributed by atoms with Crippen molar-refractivity contribution in [3.63, 3.8) is 0 Å². The third-order valence-electron chi connectivity index (χ3n) is 5.29. The molecule has 1 N–H and O–H groups in total. The molecular weight excluding hydrogens is 386 g/mol. The molecule has 0 radical (unpaired) electrons. The molecule has 3 aromatic rings. The third kappa shape index (κ3) is 3.20. The number of ether oxygens (including phenoxy) is 1. The Morgan fingerprint density at radius 2 is 1.77 bits per heavy atom. The van der Waals surface area contributed by atoms with Gasteiger partial charge in [-0.05, 0) is 30.7 Å². The zero-order valence-electron chi connectivity index (χ0n) is 16.8. The van der Waals surface area contributed by atoms with E-state index in [9.17, 15) is 14.4 Å². The smallest absolute Gasteiger partial charge is 0.341 e. The Bertz CT molecular complexity index is 1150. The normalized spacial score (nSPS) is 13.2. The monoisotopic (exact) mass is 408 g/mol. The van der Waals surface area contributed by atoms with Gasteiger partial charge in [0.15, 0.2) is 17.6 Å². The number of imidazole rings is 1. The Morgan fingerprint density at radius 3 is 2.37 bits per heavy atom. The van der Waals surface area contributed by atoms with Crippen molar-refractivity contribution < 1.29 is 28.8 Å². The molecule has 1 aliphatic heterocycles. The van der Waals surface area contributed by atoms with Gasteiger partial charge in [-0.3, -0.25) is 14.5 Å². The summed E-state index contributed by atoms with van der Waals surface area (Å²) in [5, 5.41) is 8.85. The number of carbonyl (C=O) groups is 3. The first-order valence-electron chi connectivity index (χ1n) is 9.73. The Balaban J connectivity index is 1.74. The maximum Gasteiger partial charge on any atom is 0.341 e. The number of carboxylic acids is 1. The number of carbonyl (C=O) groups excluding carboxylic acids is 2. The summed E-state index contributed by atoms with van der Waals surface area (Å²) in [4.78, 5) is 37.7. The first-order valence-corrected chi connectivity index (χ1v) is 9.73. The van der Waals surface area contributed by atoms with E-state index < -0.39 is 12.6 Å². The minimum Gasteiger partial charge on any atom is -0.482 e. The fourth-order valence-corrected chi connectivity index (χ4v) is 3.89. The first kappa shape index (κ1) is 19.6. The van der Waals surface area contributed by atoms with Gasteiger partial charge in [0, 0.05) is 6.07 Å². The van der Waals surface area contributed by atoms with Gasteiger partial charge in [0.05, 0.1) is 24.7 Å². The molecule has 1 aliphatic rings. The molecule has 0 fully saturated rings. The standard InChI is InChI=1S/C22H21N3O5/c1-3-10-24-18-11-14(30-13-20(26)27)8-9-17(18)23(2)19(24)12-25-21(28)15-6-4-5-7-16(15)22(25)29/h4-9,11H,3,10,12-13H2,1-2H3/p+1. The second kappa shape index (κ2) is 7.62. The van der Waals surface area contributed by atoms with E-state index in [-0.39, 0.29) is 18.4 Å². The Morgan fingerprint density at radius 1 is 1.10 bits per heavy atom. The van der Waals surface area contributed by atoms with Gasteiger partial charge in [-0.25, -0.2) is 13.9 Å². The summed E-state index contributed by atoms with van der Waals surface area (Å²) >= 11 is 0. The van der Waals surface area contributed by atoms with Crippen LogP contribution >= 0.6 is 0 Å². The number of imide groups is 1. The lowest BCUT2D eigenvalue weighted by atomic mass is 10.1. The topological polar surface area (TPSA) is 92.7 Å². The van der Waals surface area contributed by atoms with Crippen LogP contribution < -0.4 is 9.30 Å². The first-order chi connectivity index (χ1) is 14.4. The van der Waals surface area contributed by atoms with E-state index in [4.69, 9.17) is 9.84 Å². The van der Waals surface area contributed by atoms with Crippen molar-refractivity contribution in [2.45, 2.75) is 26.4 Å². The van der Waals surface area contributed by atoms with Crippen LogP contribution in [0.3, 0.4) is 0 Å². The van der Waals surface area contributed by atoms with Gasteiger partial charge in [-0.1, -0.05) is 19.1 Å². The number of aromatic nitrogens is 2. The third-order valence-corrected chi connectivity index (χ3v) is 5.29. The molecule has 2 heterocycles. The van der Waals surface area contributed by atoms with Crippen molar-refractivity contribution >= 4 is 28.8 Å². The molecule has 8 heteroatoms. The van der Waals surface area contributed by atoms with Crippen molar-refractivity contribution in [3.8, 4) is 5.75 Å². The van der Waals surface area contributed by atoms with Crippen LogP contribution in [0, 0.1) is 0 Å². The lowest BCUT2D eigenvalue weighted by molar-refractivity contribution is -0.654. The van der Waals surface area contributed by atoms with Gasteiger partial charge in [-0.2, -0.15) is 0 Å². The van der Waals surface area contributed by atoms with E-state index in [2.05, 4.69) is 0 Å². The largest absolute Gasteiger partial charge is 0.482 e. The Hall–Kier alpha value is -3.68. The molecule has 0 atom stereocenters. The number of benzene rings is 2. The van der Waals surface area contributed by atoms with Gasteiger partial charge in [-0.15, -0.1) is 0 Å². The summed E-state index contributed by atoms with van der Waals surface area (Å²) < 4.78 is 9.33. The van der Waals surface area contributed by atoms with Crippen LogP contribution in [0.25, 0.3) is 11.0 Å². The van der Waals surface area contributed by atoms with Crippen LogP contribution in [0.15, 0.2) is 42.5 Å². The highest BCUT2D eigenvalue weighted by atomic mass is 16.5. The number of amides is 2. The molecular formula is C22H22N3O5+. The fourth-order valence-electron chi connectivity index (χ4n) is 3.89. The Labute approximate surface area is 172 Å². The minimum absolute atomic E-state index is 0.142. The molecule has 30 heavy (non-hydrogen) atoms. The van der Waals surface area contributed by atoms with Gasteiger partial charge in [0.2, 0.25) is 0 Å². The van der Waals surface area contributed by atoms with Crippen LogP contribution in [-0.4, -0.2) is 39.0 Å². The lowest BCUT2D eigenvalue weighted by Gasteiger charge is -2.12. The van der Waals surface area contributed by atoms with E-state index >= 15 is 0 Å². The minimum atomic E-state index is -1.05. The fraction of sp³-hybridized carbons (Fsp3) is 0.273. The number of fused-ring (bicyclic) bond motifs is 2. The molecule has 0 bridgehead atoms. The number of aryl methyl sites for hydroxylation is 2. The molecule has 0 unspecified atom stereocenters. The average molecular weight is 408 g/mol.